The zero-order valence-corrected chi connectivity index (χ0v) is 10.8. The standard InChI is InChI=1S/C15H14N2O2/c1-9-11(15(18)19)8-12(16-9)14-7-10-5-3-4-6-13(10)17(14)2/h3-8,16H,1-2H3,(H,18,19). The molecule has 0 aliphatic carbocycles. The number of carboxylic acid groups (broad SMARTS) is 1. The number of nitrogens with zero attached hydrogens (tertiary/aromatic N) is 1. The second-order valence-corrected chi connectivity index (χ2v) is 4.67. The van der Waals surface area contributed by atoms with Gasteiger partial charge in [-0.1, -0.05) is 18.2 Å². The van der Waals surface area contributed by atoms with Crippen LogP contribution in [0.25, 0.3) is 22.3 Å². The summed E-state index contributed by atoms with van der Waals surface area (Å²) >= 11 is 0. The fourth-order valence-corrected chi connectivity index (χ4v) is 2.47. The number of hydrogen-bond donors (Lipinski definition) is 2. The molecule has 0 bridgehead atoms. The molecule has 0 amide bonds. The van der Waals surface area contributed by atoms with E-state index in [-0.39, 0.29) is 0 Å². The molecule has 0 spiro atoms. The van der Waals surface area contributed by atoms with E-state index in [9.17, 15) is 4.79 Å². The SMILES string of the molecule is Cc1[nH]c(-c2cc3ccccc3n2C)cc1C(=O)O. The average molecular weight is 254 g/mol. The maximum Gasteiger partial charge on any atom is 0.337 e. The van der Waals surface area contributed by atoms with Crippen molar-refractivity contribution in [2.45, 2.75) is 6.92 Å². The lowest BCUT2D eigenvalue weighted by Gasteiger charge is -2.01. The Labute approximate surface area is 110 Å². The zero-order valence-electron chi connectivity index (χ0n) is 10.8. The van der Waals surface area contributed by atoms with Crippen molar-refractivity contribution in [3.8, 4) is 11.4 Å². The monoisotopic (exact) mass is 254 g/mol. The van der Waals surface area contributed by atoms with Crippen LogP contribution in [-0.2, 0) is 7.05 Å². The third kappa shape index (κ3) is 1.73. The van der Waals surface area contributed by atoms with E-state index in [1.54, 1.807) is 13.0 Å². The highest BCUT2D eigenvalue weighted by Crippen LogP contribution is 2.27. The van der Waals surface area contributed by atoms with E-state index in [0.717, 1.165) is 22.3 Å². The minimum absolute atomic E-state index is 0.320. The summed E-state index contributed by atoms with van der Waals surface area (Å²) in [5.41, 5.74) is 3.93. The van der Waals surface area contributed by atoms with E-state index in [1.165, 1.54) is 0 Å². The first kappa shape index (κ1) is 11.6. The Kier molecular flexibility index (Phi) is 2.45. The number of nitrogens with one attached hydrogen (secondary N) is 1. The number of fused-ring (bicyclic) bond motifs is 1. The first-order chi connectivity index (χ1) is 9.08. The van der Waals surface area contributed by atoms with Gasteiger partial charge < -0.3 is 14.7 Å². The highest BCUT2D eigenvalue weighted by Gasteiger charge is 2.15. The summed E-state index contributed by atoms with van der Waals surface area (Å²) in [6, 6.07) is 11.8. The van der Waals surface area contributed by atoms with E-state index in [4.69, 9.17) is 5.11 Å². The van der Waals surface area contributed by atoms with Crippen LogP contribution in [-0.4, -0.2) is 20.6 Å². The fraction of sp³-hybridized carbons (Fsp3) is 0.133. The summed E-state index contributed by atoms with van der Waals surface area (Å²) in [5, 5.41) is 10.3. The van der Waals surface area contributed by atoms with Crippen molar-refractivity contribution in [2.24, 2.45) is 7.05 Å². The summed E-state index contributed by atoms with van der Waals surface area (Å²) in [6.07, 6.45) is 0. The summed E-state index contributed by atoms with van der Waals surface area (Å²) in [4.78, 5) is 14.2. The van der Waals surface area contributed by atoms with E-state index in [2.05, 4.69) is 15.6 Å². The lowest BCUT2D eigenvalue weighted by Crippen LogP contribution is -1.95. The molecule has 3 aromatic rings. The van der Waals surface area contributed by atoms with Gasteiger partial charge in [0, 0.05) is 23.6 Å². The molecule has 0 unspecified atom stereocenters. The molecule has 2 N–H and O–H groups in total. The summed E-state index contributed by atoms with van der Waals surface area (Å²) in [6.45, 7) is 1.77. The van der Waals surface area contributed by atoms with Crippen molar-refractivity contribution in [2.75, 3.05) is 0 Å². The Hall–Kier alpha value is -2.49. The van der Waals surface area contributed by atoms with Crippen molar-refractivity contribution in [1.29, 1.82) is 0 Å². The number of hydrogen-bond acceptors (Lipinski definition) is 1. The molecular weight excluding hydrogens is 240 g/mol. The van der Waals surface area contributed by atoms with Crippen LogP contribution in [0.15, 0.2) is 36.4 Å². The van der Waals surface area contributed by atoms with E-state index < -0.39 is 5.97 Å². The van der Waals surface area contributed by atoms with Crippen LogP contribution in [0.2, 0.25) is 0 Å². The van der Waals surface area contributed by atoms with Crippen molar-refractivity contribution in [3.05, 3.63) is 47.7 Å². The Bertz CT molecular complexity index is 781. The largest absolute Gasteiger partial charge is 0.478 e. The zero-order chi connectivity index (χ0) is 13.6. The quantitative estimate of drug-likeness (QED) is 0.738. The van der Waals surface area contributed by atoms with Crippen LogP contribution in [0, 0.1) is 6.92 Å². The number of aromatic nitrogens is 2. The van der Waals surface area contributed by atoms with Crippen LogP contribution < -0.4 is 0 Å². The second kappa shape index (κ2) is 4.02. The second-order valence-electron chi connectivity index (χ2n) is 4.67. The Morgan fingerprint density at radius 1 is 1.26 bits per heavy atom. The molecule has 0 radical (unpaired) electrons. The average Bonchev–Trinajstić information content (AvgIpc) is 2.91. The molecule has 19 heavy (non-hydrogen) atoms. The van der Waals surface area contributed by atoms with Gasteiger partial charge in [-0.15, -0.1) is 0 Å². The van der Waals surface area contributed by atoms with Gasteiger partial charge in [-0.3, -0.25) is 0 Å². The Balaban J connectivity index is 2.22. The van der Waals surface area contributed by atoms with Gasteiger partial charge >= 0.3 is 5.97 Å². The number of H-pyrrole nitrogens is 1. The Morgan fingerprint density at radius 2 is 2.00 bits per heavy atom. The molecule has 0 aliphatic rings. The molecule has 0 fully saturated rings. The number of carboxylic acids is 1. The number of para-hydroxylation sites is 1. The topological polar surface area (TPSA) is 58.0 Å². The van der Waals surface area contributed by atoms with Crippen LogP contribution in [0.1, 0.15) is 16.1 Å². The van der Waals surface area contributed by atoms with Gasteiger partial charge in [0.1, 0.15) is 0 Å². The number of aryl methyl sites for hydroxylation is 2. The van der Waals surface area contributed by atoms with Gasteiger partial charge in [-0.05, 0) is 25.1 Å². The normalized spacial score (nSPS) is 11.1. The maximum absolute atomic E-state index is 11.1. The number of carbonyl (C=O) groups is 1. The van der Waals surface area contributed by atoms with Gasteiger partial charge in [0.15, 0.2) is 0 Å². The van der Waals surface area contributed by atoms with Gasteiger partial charge in [0.25, 0.3) is 0 Å². The Morgan fingerprint density at radius 3 is 2.63 bits per heavy atom. The molecule has 0 saturated heterocycles. The predicted octanol–water partition coefficient (Wildman–Crippen LogP) is 3.18. The molecular formula is C15H14N2O2. The third-order valence-corrected chi connectivity index (χ3v) is 3.47. The van der Waals surface area contributed by atoms with Crippen LogP contribution in [0.5, 0.6) is 0 Å². The highest BCUT2D eigenvalue weighted by atomic mass is 16.4. The summed E-state index contributed by atoms with van der Waals surface area (Å²) < 4.78 is 2.06. The number of aromatic carboxylic acids is 1. The fourth-order valence-electron chi connectivity index (χ4n) is 2.47. The van der Waals surface area contributed by atoms with E-state index in [1.807, 2.05) is 31.3 Å². The lowest BCUT2D eigenvalue weighted by atomic mass is 10.2. The molecule has 2 aromatic heterocycles. The van der Waals surface area contributed by atoms with Crippen LogP contribution in [0.4, 0.5) is 0 Å². The molecule has 4 nitrogen and oxygen atoms in total. The van der Waals surface area contributed by atoms with Gasteiger partial charge in [-0.25, -0.2) is 4.79 Å². The van der Waals surface area contributed by atoms with Gasteiger partial charge in [0.2, 0.25) is 0 Å². The molecule has 2 heterocycles. The third-order valence-electron chi connectivity index (χ3n) is 3.47. The van der Waals surface area contributed by atoms with Gasteiger partial charge in [0.05, 0.1) is 17.0 Å². The molecule has 4 heteroatoms. The van der Waals surface area contributed by atoms with Crippen molar-refractivity contribution >= 4 is 16.9 Å². The molecule has 1 aromatic carbocycles. The number of aromatic amines is 1. The minimum atomic E-state index is -0.904. The van der Waals surface area contributed by atoms with Gasteiger partial charge in [-0.2, -0.15) is 0 Å². The lowest BCUT2D eigenvalue weighted by molar-refractivity contribution is 0.0696. The predicted molar refractivity (Wildman–Crippen MR) is 74.4 cm³/mol. The van der Waals surface area contributed by atoms with E-state index in [0.29, 0.717) is 11.3 Å². The smallest absolute Gasteiger partial charge is 0.337 e. The molecule has 0 atom stereocenters. The van der Waals surface area contributed by atoms with Crippen molar-refractivity contribution in [3.63, 3.8) is 0 Å². The highest BCUT2D eigenvalue weighted by molar-refractivity contribution is 5.92. The van der Waals surface area contributed by atoms with E-state index >= 15 is 0 Å². The molecule has 3 rings (SSSR count). The first-order valence-corrected chi connectivity index (χ1v) is 6.05. The van der Waals surface area contributed by atoms with Crippen LogP contribution in [0.3, 0.4) is 0 Å². The molecule has 0 saturated carbocycles. The number of rotatable bonds is 2. The van der Waals surface area contributed by atoms with Crippen molar-refractivity contribution < 1.29 is 9.90 Å². The summed E-state index contributed by atoms with van der Waals surface area (Å²) in [5.74, 6) is -0.904. The minimum Gasteiger partial charge on any atom is -0.478 e. The summed E-state index contributed by atoms with van der Waals surface area (Å²) in [7, 11) is 1.98. The van der Waals surface area contributed by atoms with Crippen LogP contribution >= 0.6 is 0 Å². The molecule has 96 valence electrons. The number of benzene rings is 1. The molecule has 0 aliphatic heterocycles. The maximum atomic E-state index is 11.1. The van der Waals surface area contributed by atoms with Crippen molar-refractivity contribution in [1.82, 2.24) is 9.55 Å². The first-order valence-electron chi connectivity index (χ1n) is 6.05.